The average Bonchev–Trinajstić information content (AvgIpc) is 2.44. The minimum Gasteiger partial charge on any atom is -0.463 e. The van der Waals surface area contributed by atoms with Crippen LogP contribution < -0.4 is 0 Å². The molecule has 8 heteroatoms. The predicted molar refractivity (Wildman–Crippen MR) is 81.1 cm³/mol. The summed E-state index contributed by atoms with van der Waals surface area (Å²) in [7, 11) is 2.57. The number of esters is 2. The SMILES string of the molecule is CC(=O)OCC1OC(OC/C=C\CO)CC(OC(C)=O)C1P. The van der Waals surface area contributed by atoms with Crippen LogP contribution >= 0.6 is 9.24 Å². The molecule has 1 aliphatic rings. The van der Waals surface area contributed by atoms with Gasteiger partial charge in [-0.1, -0.05) is 12.2 Å². The number of aliphatic hydroxyl groups excluding tert-OH is 1. The highest BCUT2D eigenvalue weighted by Gasteiger charge is 2.39. The maximum absolute atomic E-state index is 11.2. The second kappa shape index (κ2) is 9.90. The van der Waals surface area contributed by atoms with Crippen LogP contribution in [0.5, 0.6) is 0 Å². The molecular weight excluding hydrogens is 311 g/mol. The van der Waals surface area contributed by atoms with Gasteiger partial charge in [-0.25, -0.2) is 0 Å². The van der Waals surface area contributed by atoms with Crippen LogP contribution in [-0.2, 0) is 28.5 Å². The van der Waals surface area contributed by atoms with Gasteiger partial charge in [-0.2, -0.15) is 0 Å². The Bertz CT molecular complexity index is 399. The lowest BCUT2D eigenvalue weighted by atomic mass is 10.0. The van der Waals surface area contributed by atoms with E-state index in [1.165, 1.54) is 13.8 Å². The predicted octanol–water partition coefficient (Wildman–Crippen LogP) is 0.405. The van der Waals surface area contributed by atoms with E-state index < -0.39 is 24.5 Å². The third-order valence-corrected chi connectivity index (χ3v) is 3.89. The van der Waals surface area contributed by atoms with Crippen LogP contribution in [0.15, 0.2) is 12.2 Å². The Hall–Kier alpha value is -1.01. The second-order valence-corrected chi connectivity index (χ2v) is 5.62. The first-order chi connectivity index (χ1) is 10.4. The van der Waals surface area contributed by atoms with E-state index in [1.54, 1.807) is 12.2 Å². The molecule has 0 radical (unpaired) electrons. The van der Waals surface area contributed by atoms with Crippen LogP contribution in [0.2, 0.25) is 0 Å². The van der Waals surface area contributed by atoms with Crippen molar-refractivity contribution in [1.29, 1.82) is 0 Å². The van der Waals surface area contributed by atoms with Gasteiger partial charge in [-0.05, 0) is 0 Å². The van der Waals surface area contributed by atoms with E-state index in [2.05, 4.69) is 9.24 Å². The molecule has 0 aromatic heterocycles. The Morgan fingerprint density at radius 3 is 2.64 bits per heavy atom. The summed E-state index contributed by atoms with van der Waals surface area (Å²) < 4.78 is 21.5. The van der Waals surface area contributed by atoms with Gasteiger partial charge < -0.3 is 24.1 Å². The molecule has 0 aromatic rings. The molecule has 1 heterocycles. The maximum Gasteiger partial charge on any atom is 0.302 e. The molecule has 1 aliphatic heterocycles. The van der Waals surface area contributed by atoms with Gasteiger partial charge in [0.15, 0.2) is 6.29 Å². The number of ether oxygens (including phenoxy) is 4. The molecule has 1 N–H and O–H groups in total. The first-order valence-corrected chi connectivity index (χ1v) is 7.69. The molecule has 1 fully saturated rings. The lowest BCUT2D eigenvalue weighted by Crippen LogP contribution is -2.49. The van der Waals surface area contributed by atoms with Crippen molar-refractivity contribution in [1.82, 2.24) is 0 Å². The minimum absolute atomic E-state index is 0.0618. The number of aliphatic hydroxyl groups is 1. The van der Waals surface area contributed by atoms with E-state index in [0.29, 0.717) is 6.42 Å². The molecule has 5 atom stereocenters. The van der Waals surface area contributed by atoms with E-state index in [9.17, 15) is 9.59 Å². The fourth-order valence-corrected chi connectivity index (χ4v) is 2.47. The zero-order chi connectivity index (χ0) is 16.5. The number of rotatable bonds is 7. The third kappa shape index (κ3) is 6.83. The summed E-state index contributed by atoms with van der Waals surface area (Å²) in [6.07, 6.45) is 2.18. The second-order valence-electron chi connectivity index (χ2n) is 4.85. The van der Waals surface area contributed by atoms with Crippen LogP contribution in [0.3, 0.4) is 0 Å². The van der Waals surface area contributed by atoms with E-state index in [4.69, 9.17) is 24.1 Å². The topological polar surface area (TPSA) is 91.3 Å². The lowest BCUT2D eigenvalue weighted by Gasteiger charge is -2.38. The van der Waals surface area contributed by atoms with Gasteiger partial charge in [0, 0.05) is 25.9 Å². The van der Waals surface area contributed by atoms with E-state index in [0.717, 1.165) is 0 Å². The molecule has 5 unspecified atom stereocenters. The first-order valence-electron chi connectivity index (χ1n) is 7.03. The van der Waals surface area contributed by atoms with Crippen molar-refractivity contribution < 1.29 is 33.6 Å². The van der Waals surface area contributed by atoms with Crippen molar-refractivity contribution in [3.05, 3.63) is 12.2 Å². The molecular formula is C14H23O7P. The molecule has 0 saturated carbocycles. The maximum atomic E-state index is 11.2. The van der Waals surface area contributed by atoms with E-state index in [1.807, 2.05) is 0 Å². The Labute approximate surface area is 132 Å². The van der Waals surface area contributed by atoms with Gasteiger partial charge in [0.1, 0.15) is 18.8 Å². The molecule has 1 rings (SSSR count). The highest BCUT2D eigenvalue weighted by atomic mass is 31.0. The van der Waals surface area contributed by atoms with Crippen LogP contribution in [0.1, 0.15) is 20.3 Å². The van der Waals surface area contributed by atoms with Crippen molar-refractivity contribution in [2.75, 3.05) is 19.8 Å². The van der Waals surface area contributed by atoms with Crippen LogP contribution in [-0.4, -0.2) is 61.0 Å². The van der Waals surface area contributed by atoms with Crippen molar-refractivity contribution in [2.45, 2.75) is 44.4 Å². The fraction of sp³-hybridized carbons (Fsp3) is 0.714. The summed E-state index contributed by atoms with van der Waals surface area (Å²) in [5, 5.41) is 8.66. The van der Waals surface area contributed by atoms with Crippen molar-refractivity contribution >= 4 is 21.2 Å². The Balaban J connectivity index is 2.63. The van der Waals surface area contributed by atoms with Crippen molar-refractivity contribution in [3.8, 4) is 0 Å². The highest BCUT2D eigenvalue weighted by molar-refractivity contribution is 7.17. The zero-order valence-electron chi connectivity index (χ0n) is 12.8. The summed E-state index contributed by atoms with van der Waals surface area (Å²) in [5.41, 5.74) is -0.198. The van der Waals surface area contributed by atoms with Gasteiger partial charge in [-0.15, -0.1) is 9.24 Å². The monoisotopic (exact) mass is 334 g/mol. The summed E-state index contributed by atoms with van der Waals surface area (Å²) in [6.45, 7) is 2.92. The molecule has 126 valence electrons. The molecule has 0 aliphatic carbocycles. The molecule has 1 saturated heterocycles. The van der Waals surface area contributed by atoms with Gasteiger partial charge in [0.25, 0.3) is 0 Å². The zero-order valence-corrected chi connectivity index (χ0v) is 13.9. The molecule has 7 nitrogen and oxygen atoms in total. The van der Waals surface area contributed by atoms with Crippen LogP contribution in [0.4, 0.5) is 0 Å². The van der Waals surface area contributed by atoms with Gasteiger partial charge in [0.2, 0.25) is 0 Å². The standard InChI is InChI=1S/C14H23O7P/c1-9(16)19-8-12-14(22)11(20-10(2)17)7-13(21-12)18-6-4-3-5-15/h3-4,11-15H,5-8,22H2,1-2H3/b4-3-. The Morgan fingerprint density at radius 2 is 2.05 bits per heavy atom. The number of carbonyl (C=O) groups excluding carboxylic acids is 2. The largest absolute Gasteiger partial charge is 0.463 e. The normalized spacial score (nSPS) is 28.5. The quantitative estimate of drug-likeness (QED) is 0.409. The third-order valence-electron chi connectivity index (χ3n) is 3.03. The fourth-order valence-electron chi connectivity index (χ4n) is 2.03. The summed E-state index contributed by atoms with van der Waals surface area (Å²) in [6, 6.07) is 0. The van der Waals surface area contributed by atoms with Gasteiger partial charge in [-0.3, -0.25) is 9.59 Å². The Kier molecular flexibility index (Phi) is 8.56. The van der Waals surface area contributed by atoms with Gasteiger partial charge in [0.05, 0.1) is 13.2 Å². The van der Waals surface area contributed by atoms with Crippen LogP contribution in [0, 0.1) is 0 Å². The van der Waals surface area contributed by atoms with E-state index >= 15 is 0 Å². The lowest BCUT2D eigenvalue weighted by molar-refractivity contribution is -0.222. The summed E-state index contributed by atoms with van der Waals surface area (Å²) in [4.78, 5) is 22.1. The molecule has 0 bridgehead atoms. The Morgan fingerprint density at radius 1 is 1.32 bits per heavy atom. The summed E-state index contributed by atoms with van der Waals surface area (Å²) >= 11 is 0. The minimum atomic E-state index is -0.579. The highest BCUT2D eigenvalue weighted by Crippen LogP contribution is 2.29. The van der Waals surface area contributed by atoms with E-state index in [-0.39, 0.29) is 31.4 Å². The molecule has 0 amide bonds. The molecule has 0 aromatic carbocycles. The first kappa shape index (κ1) is 19.0. The number of hydrogen-bond donors (Lipinski definition) is 1. The number of carbonyl (C=O) groups is 2. The molecule has 22 heavy (non-hydrogen) atoms. The van der Waals surface area contributed by atoms with Crippen LogP contribution in [0.25, 0.3) is 0 Å². The van der Waals surface area contributed by atoms with Crippen molar-refractivity contribution in [3.63, 3.8) is 0 Å². The van der Waals surface area contributed by atoms with Gasteiger partial charge >= 0.3 is 11.9 Å². The average molecular weight is 334 g/mol. The number of hydrogen-bond acceptors (Lipinski definition) is 7. The molecule has 0 spiro atoms. The van der Waals surface area contributed by atoms with Crippen molar-refractivity contribution in [2.24, 2.45) is 0 Å². The smallest absolute Gasteiger partial charge is 0.302 e. The summed E-state index contributed by atoms with van der Waals surface area (Å²) in [5.74, 6) is -0.789.